The van der Waals surface area contributed by atoms with E-state index in [-0.39, 0.29) is 11.8 Å². The van der Waals surface area contributed by atoms with Crippen LogP contribution in [0.15, 0.2) is 48.5 Å². The summed E-state index contributed by atoms with van der Waals surface area (Å²) in [6, 6.07) is 13.9. The first-order chi connectivity index (χ1) is 12.6. The van der Waals surface area contributed by atoms with Crippen LogP contribution in [0, 0.1) is 0 Å². The molecule has 0 heterocycles. The van der Waals surface area contributed by atoms with E-state index in [1.54, 1.807) is 48.5 Å². The number of hydrogen-bond donors (Lipinski definition) is 2. The zero-order valence-corrected chi connectivity index (χ0v) is 15.4. The third-order valence-corrected chi connectivity index (χ3v) is 3.88. The monoisotopic (exact) mass is 354 g/mol. The predicted molar refractivity (Wildman–Crippen MR) is 104 cm³/mol. The molecule has 0 atom stereocenters. The minimum Gasteiger partial charge on any atom is -0.494 e. The van der Waals surface area contributed by atoms with E-state index >= 15 is 0 Å². The Labute approximate surface area is 154 Å². The number of carbonyl (C=O) groups excluding carboxylic acids is 2. The molecule has 0 saturated carbocycles. The molecule has 0 aliphatic heterocycles. The standard InChI is InChI=1S/C21H26N2O3/c1-3-5-6-15-26-19-13-9-17(10-14-19)21(25)23-18-11-7-16(8-12-18)20(24)22-4-2/h7-14H,3-6,15H2,1-2H3,(H,22,24)(H,23,25). The van der Waals surface area contributed by atoms with Crippen molar-refractivity contribution < 1.29 is 14.3 Å². The molecule has 138 valence electrons. The number of nitrogens with one attached hydrogen (secondary N) is 2. The maximum absolute atomic E-state index is 12.3. The van der Waals surface area contributed by atoms with E-state index in [0.717, 1.165) is 25.0 Å². The van der Waals surface area contributed by atoms with Crippen molar-refractivity contribution in [2.45, 2.75) is 33.1 Å². The lowest BCUT2D eigenvalue weighted by molar-refractivity contribution is 0.0955. The molecule has 0 aliphatic carbocycles. The summed E-state index contributed by atoms with van der Waals surface area (Å²) in [7, 11) is 0. The zero-order chi connectivity index (χ0) is 18.8. The van der Waals surface area contributed by atoms with Gasteiger partial charge < -0.3 is 15.4 Å². The fourth-order valence-corrected chi connectivity index (χ4v) is 2.42. The second kappa shape index (κ2) is 10.2. The van der Waals surface area contributed by atoms with Crippen LogP contribution in [0.1, 0.15) is 53.8 Å². The number of rotatable bonds is 9. The summed E-state index contributed by atoms with van der Waals surface area (Å²) < 4.78 is 5.65. The Kier molecular flexibility index (Phi) is 7.68. The third kappa shape index (κ3) is 5.92. The highest BCUT2D eigenvalue weighted by atomic mass is 16.5. The summed E-state index contributed by atoms with van der Waals surface area (Å²) in [5.74, 6) is 0.442. The van der Waals surface area contributed by atoms with Crippen LogP contribution in [0.4, 0.5) is 5.69 Å². The number of amides is 2. The van der Waals surface area contributed by atoms with E-state index in [2.05, 4.69) is 17.6 Å². The third-order valence-electron chi connectivity index (χ3n) is 3.88. The van der Waals surface area contributed by atoms with Crippen molar-refractivity contribution in [2.24, 2.45) is 0 Å². The van der Waals surface area contributed by atoms with Crippen LogP contribution < -0.4 is 15.4 Å². The Morgan fingerprint density at radius 1 is 0.846 bits per heavy atom. The van der Waals surface area contributed by atoms with Crippen molar-refractivity contribution in [3.63, 3.8) is 0 Å². The van der Waals surface area contributed by atoms with Crippen molar-refractivity contribution in [1.29, 1.82) is 0 Å². The van der Waals surface area contributed by atoms with Crippen molar-refractivity contribution in [2.75, 3.05) is 18.5 Å². The molecule has 0 bridgehead atoms. The van der Waals surface area contributed by atoms with Crippen LogP contribution in [0.5, 0.6) is 5.75 Å². The van der Waals surface area contributed by atoms with Crippen molar-refractivity contribution in [1.82, 2.24) is 5.32 Å². The van der Waals surface area contributed by atoms with Gasteiger partial charge in [0.05, 0.1) is 6.61 Å². The number of ether oxygens (including phenoxy) is 1. The largest absolute Gasteiger partial charge is 0.494 e. The summed E-state index contributed by atoms with van der Waals surface area (Å²) in [5, 5.41) is 5.56. The van der Waals surface area contributed by atoms with Crippen LogP contribution >= 0.6 is 0 Å². The number of hydrogen-bond acceptors (Lipinski definition) is 3. The van der Waals surface area contributed by atoms with Gasteiger partial charge in [-0.3, -0.25) is 9.59 Å². The zero-order valence-electron chi connectivity index (χ0n) is 15.4. The highest BCUT2D eigenvalue weighted by Crippen LogP contribution is 2.15. The normalized spacial score (nSPS) is 10.2. The summed E-state index contributed by atoms with van der Waals surface area (Å²) in [6.07, 6.45) is 3.34. The van der Waals surface area contributed by atoms with Gasteiger partial charge >= 0.3 is 0 Å². The highest BCUT2D eigenvalue weighted by molar-refractivity contribution is 6.04. The Morgan fingerprint density at radius 3 is 2.08 bits per heavy atom. The SMILES string of the molecule is CCCCCOc1ccc(C(=O)Nc2ccc(C(=O)NCC)cc2)cc1. The molecule has 2 aromatic carbocycles. The lowest BCUT2D eigenvalue weighted by Gasteiger charge is -2.08. The molecule has 0 spiro atoms. The second-order valence-corrected chi connectivity index (χ2v) is 5.97. The molecule has 5 nitrogen and oxygen atoms in total. The van der Waals surface area contributed by atoms with Gasteiger partial charge in [-0.05, 0) is 61.9 Å². The Balaban J connectivity index is 1.89. The average Bonchev–Trinajstić information content (AvgIpc) is 2.66. The Morgan fingerprint density at radius 2 is 1.46 bits per heavy atom. The Bertz CT molecular complexity index is 709. The molecule has 0 fully saturated rings. The van der Waals surface area contributed by atoms with E-state index in [9.17, 15) is 9.59 Å². The fourth-order valence-electron chi connectivity index (χ4n) is 2.42. The van der Waals surface area contributed by atoms with Crippen LogP contribution in [-0.2, 0) is 0 Å². The number of anilines is 1. The number of carbonyl (C=O) groups is 2. The molecule has 2 rings (SSSR count). The van der Waals surface area contributed by atoms with Gasteiger partial charge in [-0.1, -0.05) is 19.8 Å². The lowest BCUT2D eigenvalue weighted by Crippen LogP contribution is -2.22. The smallest absolute Gasteiger partial charge is 0.255 e. The van der Waals surface area contributed by atoms with E-state index < -0.39 is 0 Å². The molecular formula is C21H26N2O3. The summed E-state index contributed by atoms with van der Waals surface area (Å²) in [4.78, 5) is 24.0. The minimum absolute atomic E-state index is 0.125. The van der Waals surface area contributed by atoms with Crippen LogP contribution in [0.3, 0.4) is 0 Å². The predicted octanol–water partition coefficient (Wildman–Crippen LogP) is 4.26. The molecule has 2 N–H and O–H groups in total. The van der Waals surface area contributed by atoms with E-state index in [1.165, 1.54) is 0 Å². The molecule has 26 heavy (non-hydrogen) atoms. The van der Waals surface area contributed by atoms with Crippen molar-refractivity contribution in [3.8, 4) is 5.75 Å². The van der Waals surface area contributed by atoms with Crippen molar-refractivity contribution in [3.05, 3.63) is 59.7 Å². The average molecular weight is 354 g/mol. The summed E-state index contributed by atoms with van der Waals surface area (Å²) in [5.41, 5.74) is 1.76. The molecule has 2 amide bonds. The number of unbranched alkanes of at least 4 members (excludes halogenated alkanes) is 2. The topological polar surface area (TPSA) is 67.4 Å². The molecule has 0 aliphatic rings. The van der Waals surface area contributed by atoms with Gasteiger partial charge in [0, 0.05) is 23.4 Å². The molecule has 0 aromatic heterocycles. The quantitative estimate of drug-likeness (QED) is 0.661. The minimum atomic E-state index is -0.201. The van der Waals surface area contributed by atoms with Gasteiger partial charge in [0.2, 0.25) is 0 Å². The molecule has 0 saturated heterocycles. The number of benzene rings is 2. The molecular weight excluding hydrogens is 328 g/mol. The first-order valence-electron chi connectivity index (χ1n) is 9.06. The van der Waals surface area contributed by atoms with Gasteiger partial charge in [-0.25, -0.2) is 0 Å². The molecule has 0 unspecified atom stereocenters. The fraction of sp³-hybridized carbons (Fsp3) is 0.333. The van der Waals surface area contributed by atoms with Gasteiger partial charge in [-0.2, -0.15) is 0 Å². The maximum atomic E-state index is 12.3. The summed E-state index contributed by atoms with van der Waals surface area (Å²) in [6.45, 7) is 5.29. The van der Waals surface area contributed by atoms with E-state index in [4.69, 9.17) is 4.74 Å². The van der Waals surface area contributed by atoms with Crippen molar-refractivity contribution >= 4 is 17.5 Å². The van der Waals surface area contributed by atoms with Gasteiger partial charge in [0.15, 0.2) is 0 Å². The van der Waals surface area contributed by atoms with Crippen LogP contribution in [0.2, 0.25) is 0 Å². The molecule has 0 radical (unpaired) electrons. The second-order valence-electron chi connectivity index (χ2n) is 5.97. The first kappa shape index (κ1) is 19.5. The van der Waals surface area contributed by atoms with Gasteiger partial charge in [0.1, 0.15) is 5.75 Å². The Hall–Kier alpha value is -2.82. The molecule has 2 aromatic rings. The van der Waals surface area contributed by atoms with E-state index in [1.807, 2.05) is 6.92 Å². The van der Waals surface area contributed by atoms with Crippen LogP contribution in [-0.4, -0.2) is 25.0 Å². The first-order valence-corrected chi connectivity index (χ1v) is 9.06. The van der Waals surface area contributed by atoms with Gasteiger partial charge in [-0.15, -0.1) is 0 Å². The van der Waals surface area contributed by atoms with Gasteiger partial charge in [0.25, 0.3) is 11.8 Å². The van der Waals surface area contributed by atoms with E-state index in [0.29, 0.717) is 30.0 Å². The summed E-state index contributed by atoms with van der Waals surface area (Å²) >= 11 is 0. The molecule has 5 heteroatoms. The van der Waals surface area contributed by atoms with Crippen LogP contribution in [0.25, 0.3) is 0 Å². The maximum Gasteiger partial charge on any atom is 0.255 e. The highest BCUT2D eigenvalue weighted by Gasteiger charge is 2.08. The lowest BCUT2D eigenvalue weighted by atomic mass is 10.1.